The lowest BCUT2D eigenvalue weighted by molar-refractivity contribution is 0.000420. The molecule has 2 unspecified atom stereocenters. The van der Waals surface area contributed by atoms with Gasteiger partial charge in [-0.05, 0) is 43.9 Å². The molecule has 2 aromatic rings. The molecule has 1 amide bonds. The molecule has 0 radical (unpaired) electrons. The van der Waals surface area contributed by atoms with Gasteiger partial charge in [0.05, 0.1) is 17.9 Å². The number of ether oxygens (including phenoxy) is 1. The number of carbonyl (C=O) groups is 1. The highest BCUT2D eigenvalue weighted by atomic mass is 35.5. The monoisotopic (exact) mass is 549 g/mol. The average Bonchev–Trinajstić information content (AvgIpc) is 3.26. The number of nitrogens with one attached hydrogen (secondary N) is 1. The lowest BCUT2D eigenvalue weighted by atomic mass is 9.98. The zero-order valence-corrected chi connectivity index (χ0v) is 22.3. The number of nitrogens with two attached hydrogens (primary N) is 1. The van der Waals surface area contributed by atoms with Gasteiger partial charge in [-0.15, -0.1) is 37.2 Å². The van der Waals surface area contributed by atoms with Gasteiger partial charge < -0.3 is 20.4 Å². The number of piperidine rings is 1. The number of halogens is 4. The second-order valence-corrected chi connectivity index (χ2v) is 9.47. The Labute approximate surface area is 224 Å². The van der Waals surface area contributed by atoms with Gasteiger partial charge in [-0.2, -0.15) is 0 Å². The van der Waals surface area contributed by atoms with Crippen LogP contribution in [0, 0.1) is 12.7 Å². The maximum atomic E-state index is 13.5. The maximum absolute atomic E-state index is 13.5. The van der Waals surface area contributed by atoms with Crippen molar-refractivity contribution < 1.29 is 13.9 Å². The molecule has 4 heterocycles. The van der Waals surface area contributed by atoms with Gasteiger partial charge in [0, 0.05) is 50.5 Å². The van der Waals surface area contributed by atoms with E-state index in [0.717, 1.165) is 67.8 Å². The van der Waals surface area contributed by atoms with Crippen molar-refractivity contribution in [1.82, 2.24) is 19.8 Å². The summed E-state index contributed by atoms with van der Waals surface area (Å²) in [6.45, 7) is 4.02. The molecule has 1 aromatic carbocycles. The third-order valence-electron chi connectivity index (χ3n) is 7.29. The molecule has 5 rings (SSSR count). The van der Waals surface area contributed by atoms with Crippen LogP contribution in [0.1, 0.15) is 60.9 Å². The van der Waals surface area contributed by atoms with Gasteiger partial charge >= 0.3 is 6.09 Å². The van der Waals surface area contributed by atoms with Gasteiger partial charge in [-0.1, -0.05) is 12.1 Å². The fourth-order valence-electron chi connectivity index (χ4n) is 5.69. The highest BCUT2D eigenvalue weighted by Gasteiger charge is 2.42. The van der Waals surface area contributed by atoms with E-state index >= 15 is 0 Å². The van der Waals surface area contributed by atoms with E-state index in [1.807, 2.05) is 13.0 Å². The smallest absolute Gasteiger partial charge is 0.410 e. The summed E-state index contributed by atoms with van der Waals surface area (Å²) in [6, 6.07) is 7.26. The van der Waals surface area contributed by atoms with Crippen LogP contribution in [0.4, 0.5) is 9.18 Å². The molecule has 3 N–H and O–H groups in total. The van der Waals surface area contributed by atoms with Crippen molar-refractivity contribution in [3.8, 4) is 0 Å². The number of aryl methyl sites for hydroxylation is 1. The predicted octanol–water partition coefficient (Wildman–Crippen LogP) is 4.70. The number of carbonyl (C=O) groups excluding carboxylic acids is 1. The van der Waals surface area contributed by atoms with Gasteiger partial charge in [-0.25, -0.2) is 14.2 Å². The number of H-pyrrole nitrogens is 1. The lowest BCUT2D eigenvalue weighted by Gasteiger charge is -2.39. The molecule has 2 bridgehead atoms. The van der Waals surface area contributed by atoms with E-state index in [1.54, 1.807) is 11.0 Å². The van der Waals surface area contributed by atoms with E-state index in [4.69, 9.17) is 10.5 Å². The Bertz CT molecular complexity index is 980. The molecule has 3 aliphatic rings. The summed E-state index contributed by atoms with van der Waals surface area (Å²) in [5.74, 6) is 0.652. The third kappa shape index (κ3) is 6.60. The van der Waals surface area contributed by atoms with Gasteiger partial charge in [-0.3, -0.25) is 4.90 Å². The molecule has 3 aliphatic heterocycles. The minimum atomic E-state index is -0.242. The number of rotatable bonds is 5. The first-order valence-electron chi connectivity index (χ1n) is 11.7. The quantitative estimate of drug-likeness (QED) is 0.563. The number of nitrogens with zero attached hydrogens (tertiary/aromatic N) is 3. The number of aromatic amines is 1. The summed E-state index contributed by atoms with van der Waals surface area (Å²) in [5, 5.41) is 0. The highest BCUT2D eigenvalue weighted by molar-refractivity contribution is 5.86. The van der Waals surface area contributed by atoms with Crippen LogP contribution in [0.3, 0.4) is 0 Å². The Balaban J connectivity index is 0.00000144. The highest BCUT2D eigenvalue weighted by Crippen LogP contribution is 2.37. The molecule has 3 atom stereocenters. The molecular formula is C24H35Cl3FN5O2. The molecule has 2 saturated heterocycles. The summed E-state index contributed by atoms with van der Waals surface area (Å²) in [5.41, 5.74) is 9.26. The first kappa shape index (κ1) is 29.6. The number of hydrogen-bond acceptors (Lipinski definition) is 5. The lowest BCUT2D eigenvalue weighted by Crippen LogP contribution is -2.48. The largest absolute Gasteiger partial charge is 0.446 e. The van der Waals surface area contributed by atoms with Crippen LogP contribution < -0.4 is 5.73 Å². The Morgan fingerprint density at radius 3 is 2.66 bits per heavy atom. The number of fused-ring (bicyclic) bond motifs is 3. The van der Waals surface area contributed by atoms with Crippen LogP contribution in [-0.4, -0.2) is 57.1 Å². The standard InChI is InChI=1S/C24H32FN5O2.3ClH/c1-15-27-22-8-9-29(14-23(22)28-15)24(31)32-20-12-18-5-6-19(13-20)30(18)10-7-21(26)16-3-2-4-17(25)11-16;;;/h2-4,11,18-21H,5-10,12-14,26H2,1H3,(H,27,28);3*1H/t18?,19?,20?,21-;;;/m0.../s1. The SMILES string of the molecule is Cc1nc2c([nH]1)CN(C(=O)OC1CC3CCC(C1)N3CC[C@H](N)c1cccc(F)c1)CC2.Cl.Cl.Cl. The van der Waals surface area contributed by atoms with Crippen LogP contribution in [0.5, 0.6) is 0 Å². The summed E-state index contributed by atoms with van der Waals surface area (Å²) >= 11 is 0. The Hall–Kier alpha value is -1.58. The predicted molar refractivity (Wildman–Crippen MR) is 140 cm³/mol. The van der Waals surface area contributed by atoms with E-state index in [1.165, 1.54) is 12.1 Å². The van der Waals surface area contributed by atoms with Crippen molar-refractivity contribution >= 4 is 43.3 Å². The van der Waals surface area contributed by atoms with Crippen LogP contribution >= 0.6 is 37.2 Å². The first-order chi connectivity index (χ1) is 15.5. The zero-order chi connectivity index (χ0) is 22.2. The van der Waals surface area contributed by atoms with E-state index in [2.05, 4.69) is 14.9 Å². The Kier molecular flexibility index (Phi) is 10.7. The molecule has 11 heteroatoms. The number of aromatic nitrogens is 2. The van der Waals surface area contributed by atoms with E-state index < -0.39 is 0 Å². The molecule has 0 aliphatic carbocycles. The van der Waals surface area contributed by atoms with Crippen LogP contribution in [0.15, 0.2) is 24.3 Å². The number of hydrogen-bond donors (Lipinski definition) is 2. The van der Waals surface area contributed by atoms with Gasteiger partial charge in [0.25, 0.3) is 0 Å². The minimum Gasteiger partial charge on any atom is -0.446 e. The molecule has 0 spiro atoms. The Morgan fingerprint density at radius 1 is 1.26 bits per heavy atom. The zero-order valence-electron chi connectivity index (χ0n) is 19.8. The van der Waals surface area contributed by atoms with Gasteiger partial charge in [0.1, 0.15) is 17.7 Å². The van der Waals surface area contributed by atoms with Crippen LogP contribution in [0.2, 0.25) is 0 Å². The fourth-order valence-corrected chi connectivity index (χ4v) is 5.69. The normalized spacial score (nSPS) is 23.9. The average molecular weight is 551 g/mol. The third-order valence-corrected chi connectivity index (χ3v) is 7.29. The van der Waals surface area contributed by atoms with Gasteiger partial charge in [0.2, 0.25) is 0 Å². The number of amides is 1. The van der Waals surface area contributed by atoms with E-state index in [0.29, 0.717) is 25.2 Å². The summed E-state index contributed by atoms with van der Waals surface area (Å²) in [7, 11) is 0. The number of benzene rings is 1. The Morgan fingerprint density at radius 2 is 1.97 bits per heavy atom. The van der Waals surface area contributed by atoms with Crippen molar-refractivity contribution in [1.29, 1.82) is 0 Å². The molecular weight excluding hydrogens is 516 g/mol. The molecule has 196 valence electrons. The summed E-state index contributed by atoms with van der Waals surface area (Å²) < 4.78 is 19.4. The first-order valence-corrected chi connectivity index (χ1v) is 11.7. The van der Waals surface area contributed by atoms with Crippen molar-refractivity contribution in [3.63, 3.8) is 0 Å². The van der Waals surface area contributed by atoms with Crippen molar-refractivity contribution in [2.45, 2.75) is 76.2 Å². The molecule has 1 aromatic heterocycles. The molecule has 0 saturated carbocycles. The van der Waals surface area contributed by atoms with Crippen LogP contribution in [0.25, 0.3) is 0 Å². The van der Waals surface area contributed by atoms with Crippen molar-refractivity contribution in [2.24, 2.45) is 5.73 Å². The minimum absolute atomic E-state index is 0. The topological polar surface area (TPSA) is 87.5 Å². The summed E-state index contributed by atoms with van der Waals surface area (Å²) in [4.78, 5) is 24.9. The van der Waals surface area contributed by atoms with Crippen molar-refractivity contribution in [2.75, 3.05) is 13.1 Å². The summed E-state index contributed by atoms with van der Waals surface area (Å²) in [6.07, 6.45) is 5.33. The molecule has 7 nitrogen and oxygen atoms in total. The second kappa shape index (κ2) is 12.6. The van der Waals surface area contributed by atoms with Crippen LogP contribution in [-0.2, 0) is 17.7 Å². The van der Waals surface area contributed by atoms with Crippen molar-refractivity contribution in [3.05, 3.63) is 52.9 Å². The van der Waals surface area contributed by atoms with Gasteiger partial charge in [0.15, 0.2) is 0 Å². The maximum Gasteiger partial charge on any atom is 0.410 e. The second-order valence-electron chi connectivity index (χ2n) is 9.47. The molecule has 2 fully saturated rings. The van der Waals surface area contributed by atoms with E-state index in [-0.39, 0.29) is 61.3 Å². The fraction of sp³-hybridized carbons (Fsp3) is 0.583. The van der Waals surface area contributed by atoms with E-state index in [9.17, 15) is 9.18 Å². The number of imidazole rings is 1. The molecule has 35 heavy (non-hydrogen) atoms.